The smallest absolute Gasteiger partial charge is 0.252 e. The first kappa shape index (κ1) is 16.4. The number of aromatic hydroxyl groups is 1. The molecule has 0 bridgehead atoms. The highest BCUT2D eigenvalue weighted by molar-refractivity contribution is 5.97. The third kappa shape index (κ3) is 3.79. The van der Waals surface area contributed by atoms with Crippen LogP contribution < -0.4 is 15.2 Å². The minimum atomic E-state index is -0.903. The van der Waals surface area contributed by atoms with Crippen molar-refractivity contribution in [3.05, 3.63) is 52.8 Å². The lowest BCUT2D eigenvalue weighted by molar-refractivity contribution is 0.0997. The number of nitrogens with two attached hydrogens (primary N) is 1. The fraction of sp³-hybridized carbons (Fsp3) is 0.118. The van der Waals surface area contributed by atoms with E-state index in [-0.39, 0.29) is 16.9 Å². The quantitative estimate of drug-likeness (QED) is 0.831. The highest BCUT2D eigenvalue weighted by atomic mass is 19.1. The summed E-state index contributed by atoms with van der Waals surface area (Å²) in [7, 11) is 3.06. The largest absolute Gasteiger partial charge is 0.506 e. The molecular weight excluding hydrogens is 301 g/mol. The summed E-state index contributed by atoms with van der Waals surface area (Å²) in [5.74, 6) is -0.764. The molecule has 0 aliphatic rings. The molecule has 0 saturated carbocycles. The van der Waals surface area contributed by atoms with Crippen LogP contribution in [0.4, 0.5) is 4.39 Å². The number of rotatable bonds is 5. The second-order valence-electron chi connectivity index (χ2n) is 4.73. The molecule has 120 valence electrons. The molecule has 0 unspecified atom stereocenters. The van der Waals surface area contributed by atoms with Gasteiger partial charge in [-0.05, 0) is 29.8 Å². The highest BCUT2D eigenvalue weighted by Crippen LogP contribution is 2.28. The first-order valence-corrected chi connectivity index (χ1v) is 6.68. The molecule has 6 heteroatoms. The summed E-state index contributed by atoms with van der Waals surface area (Å²) in [6.45, 7) is 0. The van der Waals surface area contributed by atoms with E-state index in [0.29, 0.717) is 17.1 Å². The molecule has 0 atom stereocenters. The molecule has 0 spiro atoms. The van der Waals surface area contributed by atoms with Gasteiger partial charge in [-0.1, -0.05) is 12.2 Å². The molecule has 0 radical (unpaired) electrons. The molecule has 0 aliphatic heterocycles. The molecule has 3 N–H and O–H groups in total. The number of carbonyl (C=O) groups excluding carboxylic acids is 1. The Hall–Kier alpha value is -3.02. The number of methoxy groups -OCH3 is 2. The zero-order valence-corrected chi connectivity index (χ0v) is 12.7. The number of amides is 1. The van der Waals surface area contributed by atoms with E-state index in [2.05, 4.69) is 0 Å². The SMILES string of the molecule is COc1cc(/C=C/c2cc(F)cc(C(N)=O)c2O)cc(OC)c1. The van der Waals surface area contributed by atoms with Gasteiger partial charge in [-0.15, -0.1) is 0 Å². The predicted molar refractivity (Wildman–Crippen MR) is 85.1 cm³/mol. The number of carbonyl (C=O) groups is 1. The summed E-state index contributed by atoms with van der Waals surface area (Å²) in [6.07, 6.45) is 3.10. The van der Waals surface area contributed by atoms with E-state index < -0.39 is 11.7 Å². The van der Waals surface area contributed by atoms with Gasteiger partial charge in [0.1, 0.15) is 23.1 Å². The lowest BCUT2D eigenvalue weighted by Gasteiger charge is -2.07. The Morgan fingerprint density at radius 1 is 1.09 bits per heavy atom. The summed E-state index contributed by atoms with van der Waals surface area (Å²) in [5, 5.41) is 10.00. The van der Waals surface area contributed by atoms with Gasteiger partial charge in [0.15, 0.2) is 0 Å². The van der Waals surface area contributed by atoms with E-state index in [4.69, 9.17) is 15.2 Å². The van der Waals surface area contributed by atoms with Crippen LogP contribution in [0, 0.1) is 5.82 Å². The Balaban J connectivity index is 2.43. The normalized spacial score (nSPS) is 10.7. The molecule has 0 aromatic heterocycles. The van der Waals surface area contributed by atoms with Crippen LogP contribution in [-0.4, -0.2) is 25.2 Å². The minimum Gasteiger partial charge on any atom is -0.506 e. The van der Waals surface area contributed by atoms with Gasteiger partial charge in [0.2, 0.25) is 0 Å². The maximum Gasteiger partial charge on any atom is 0.252 e. The maximum atomic E-state index is 13.5. The van der Waals surface area contributed by atoms with Crippen LogP contribution in [-0.2, 0) is 0 Å². The summed E-state index contributed by atoms with van der Waals surface area (Å²) in [5.41, 5.74) is 5.70. The van der Waals surface area contributed by atoms with E-state index >= 15 is 0 Å². The summed E-state index contributed by atoms with van der Waals surface area (Å²) in [6, 6.07) is 7.19. The first-order valence-electron chi connectivity index (χ1n) is 6.68. The van der Waals surface area contributed by atoms with Crippen molar-refractivity contribution in [2.24, 2.45) is 5.73 Å². The molecule has 1 amide bonds. The summed E-state index contributed by atoms with van der Waals surface area (Å²) < 4.78 is 23.9. The molecule has 0 heterocycles. The Labute approximate surface area is 132 Å². The van der Waals surface area contributed by atoms with Crippen LogP contribution in [0.3, 0.4) is 0 Å². The number of phenols is 1. The van der Waals surface area contributed by atoms with Crippen molar-refractivity contribution in [1.29, 1.82) is 0 Å². The molecule has 2 rings (SSSR count). The Kier molecular flexibility index (Phi) is 4.85. The Morgan fingerprint density at radius 3 is 2.22 bits per heavy atom. The van der Waals surface area contributed by atoms with Crippen molar-refractivity contribution in [3.63, 3.8) is 0 Å². The average Bonchev–Trinajstić information content (AvgIpc) is 2.54. The van der Waals surface area contributed by atoms with Gasteiger partial charge in [-0.25, -0.2) is 4.39 Å². The highest BCUT2D eigenvalue weighted by Gasteiger charge is 2.12. The Bertz CT molecular complexity index is 749. The number of ether oxygens (including phenoxy) is 2. The van der Waals surface area contributed by atoms with Gasteiger partial charge in [-0.3, -0.25) is 4.79 Å². The molecule has 23 heavy (non-hydrogen) atoms. The van der Waals surface area contributed by atoms with E-state index in [1.807, 2.05) is 0 Å². The van der Waals surface area contributed by atoms with Crippen LogP contribution in [0.5, 0.6) is 17.2 Å². The van der Waals surface area contributed by atoms with E-state index in [9.17, 15) is 14.3 Å². The van der Waals surface area contributed by atoms with Gasteiger partial charge >= 0.3 is 0 Å². The number of hydrogen-bond donors (Lipinski definition) is 2. The van der Waals surface area contributed by atoms with E-state index in [1.54, 1.807) is 24.3 Å². The number of hydrogen-bond acceptors (Lipinski definition) is 4. The topological polar surface area (TPSA) is 81.8 Å². The number of halogens is 1. The zero-order valence-electron chi connectivity index (χ0n) is 12.7. The van der Waals surface area contributed by atoms with Crippen molar-refractivity contribution in [2.75, 3.05) is 14.2 Å². The monoisotopic (exact) mass is 317 g/mol. The van der Waals surface area contributed by atoms with Gasteiger partial charge in [0.05, 0.1) is 19.8 Å². The number of benzene rings is 2. The van der Waals surface area contributed by atoms with Crippen LogP contribution >= 0.6 is 0 Å². The van der Waals surface area contributed by atoms with Crippen LogP contribution in [0.2, 0.25) is 0 Å². The molecule has 2 aromatic carbocycles. The third-order valence-electron chi connectivity index (χ3n) is 3.20. The second-order valence-corrected chi connectivity index (χ2v) is 4.73. The van der Waals surface area contributed by atoms with Crippen molar-refractivity contribution in [1.82, 2.24) is 0 Å². The first-order chi connectivity index (χ1) is 10.9. The Morgan fingerprint density at radius 2 is 1.70 bits per heavy atom. The average molecular weight is 317 g/mol. The molecule has 2 aromatic rings. The molecule has 0 fully saturated rings. The van der Waals surface area contributed by atoms with Crippen LogP contribution in [0.25, 0.3) is 12.2 Å². The van der Waals surface area contributed by atoms with Gasteiger partial charge < -0.3 is 20.3 Å². The van der Waals surface area contributed by atoms with Crippen molar-refractivity contribution in [3.8, 4) is 17.2 Å². The van der Waals surface area contributed by atoms with E-state index in [1.165, 1.54) is 20.3 Å². The van der Waals surface area contributed by atoms with Gasteiger partial charge in [0, 0.05) is 11.6 Å². The molecule has 0 saturated heterocycles. The molecule has 5 nitrogen and oxygen atoms in total. The summed E-state index contributed by atoms with van der Waals surface area (Å²) >= 11 is 0. The van der Waals surface area contributed by atoms with Crippen LogP contribution in [0.1, 0.15) is 21.5 Å². The summed E-state index contributed by atoms with van der Waals surface area (Å²) in [4.78, 5) is 11.2. The second kappa shape index (κ2) is 6.83. The zero-order chi connectivity index (χ0) is 17.0. The van der Waals surface area contributed by atoms with E-state index in [0.717, 1.165) is 12.1 Å². The minimum absolute atomic E-state index is 0.139. The van der Waals surface area contributed by atoms with Crippen molar-refractivity contribution in [2.45, 2.75) is 0 Å². The lowest BCUT2D eigenvalue weighted by Crippen LogP contribution is -2.11. The molecular formula is C17H16FNO4. The van der Waals surface area contributed by atoms with Crippen LogP contribution in [0.15, 0.2) is 30.3 Å². The predicted octanol–water partition coefficient (Wildman–Crippen LogP) is 2.82. The van der Waals surface area contributed by atoms with Gasteiger partial charge in [-0.2, -0.15) is 0 Å². The maximum absolute atomic E-state index is 13.5. The fourth-order valence-electron chi connectivity index (χ4n) is 2.05. The lowest BCUT2D eigenvalue weighted by atomic mass is 10.1. The van der Waals surface area contributed by atoms with Crippen molar-refractivity contribution >= 4 is 18.1 Å². The van der Waals surface area contributed by atoms with Gasteiger partial charge in [0.25, 0.3) is 5.91 Å². The van der Waals surface area contributed by atoms with Crippen molar-refractivity contribution < 1.29 is 23.8 Å². The molecule has 0 aliphatic carbocycles. The standard InChI is InChI=1S/C17H16FNO4/c1-22-13-5-10(6-14(9-13)23-2)3-4-11-7-12(18)8-15(16(11)20)17(19)21/h3-9,20H,1-2H3,(H2,19,21)/b4-3+. The third-order valence-corrected chi connectivity index (χ3v) is 3.20. The fourth-order valence-corrected chi connectivity index (χ4v) is 2.05. The number of primary amides is 1.